The number of furan rings is 1. The SMILES string of the molecule is CCCN1CCc2nc(N)c(C#N)c(-c3ccco3)c2C1.O=C(O)C(F)(F)F.O=C(O)C(F)(F)F. The number of carboxylic acid groups (broad SMARTS) is 2. The van der Waals surface area contributed by atoms with Crippen molar-refractivity contribution in [3.63, 3.8) is 0 Å². The van der Waals surface area contributed by atoms with Crippen molar-refractivity contribution in [2.45, 2.75) is 38.7 Å². The molecule has 0 radical (unpaired) electrons. The van der Waals surface area contributed by atoms with Gasteiger partial charge in [-0.15, -0.1) is 0 Å². The van der Waals surface area contributed by atoms with Gasteiger partial charge in [-0.25, -0.2) is 14.6 Å². The number of fused-ring (bicyclic) bond motifs is 1. The van der Waals surface area contributed by atoms with E-state index in [1.165, 1.54) is 0 Å². The quantitative estimate of drug-likeness (QED) is 0.523. The molecule has 0 aromatic carbocycles. The van der Waals surface area contributed by atoms with Gasteiger partial charge in [-0.2, -0.15) is 31.6 Å². The lowest BCUT2D eigenvalue weighted by molar-refractivity contribution is -0.193. The van der Waals surface area contributed by atoms with Gasteiger partial charge in [0.25, 0.3) is 0 Å². The number of anilines is 1. The smallest absolute Gasteiger partial charge is 0.475 e. The van der Waals surface area contributed by atoms with Crippen molar-refractivity contribution in [1.82, 2.24) is 9.88 Å². The van der Waals surface area contributed by atoms with E-state index < -0.39 is 24.3 Å². The maximum absolute atomic E-state index is 10.6. The minimum absolute atomic E-state index is 0.298. The normalized spacial score (nSPS) is 13.3. The lowest BCUT2D eigenvalue weighted by Crippen LogP contribution is -2.32. The second-order valence-corrected chi connectivity index (χ2v) is 6.89. The van der Waals surface area contributed by atoms with E-state index in [1.807, 2.05) is 12.1 Å². The summed E-state index contributed by atoms with van der Waals surface area (Å²) >= 11 is 0. The van der Waals surface area contributed by atoms with Gasteiger partial charge in [0.1, 0.15) is 23.2 Å². The molecule has 35 heavy (non-hydrogen) atoms. The Balaban J connectivity index is 0.000000362. The number of nitrogen functional groups attached to an aromatic ring is 1. The highest BCUT2D eigenvalue weighted by molar-refractivity contribution is 5.76. The molecule has 15 heteroatoms. The van der Waals surface area contributed by atoms with E-state index in [0.717, 1.165) is 49.3 Å². The van der Waals surface area contributed by atoms with Gasteiger partial charge in [0.2, 0.25) is 0 Å². The number of rotatable bonds is 3. The van der Waals surface area contributed by atoms with Crippen LogP contribution >= 0.6 is 0 Å². The van der Waals surface area contributed by atoms with Gasteiger partial charge in [0.05, 0.1) is 6.26 Å². The minimum Gasteiger partial charge on any atom is -0.475 e. The number of nitrogens with two attached hydrogens (primary N) is 1. The van der Waals surface area contributed by atoms with Crippen LogP contribution in [0.15, 0.2) is 22.8 Å². The zero-order chi connectivity index (χ0) is 27.0. The maximum Gasteiger partial charge on any atom is 0.490 e. The van der Waals surface area contributed by atoms with E-state index >= 15 is 0 Å². The molecule has 4 N–H and O–H groups in total. The molecular weight excluding hydrogens is 490 g/mol. The van der Waals surface area contributed by atoms with E-state index in [1.54, 1.807) is 6.26 Å². The molecule has 0 saturated carbocycles. The third kappa shape index (κ3) is 8.49. The van der Waals surface area contributed by atoms with Crippen molar-refractivity contribution in [3.05, 3.63) is 35.2 Å². The Hall–Kier alpha value is -3.80. The fourth-order valence-electron chi connectivity index (χ4n) is 2.95. The monoisotopic (exact) mass is 510 g/mol. The van der Waals surface area contributed by atoms with E-state index in [0.29, 0.717) is 17.1 Å². The second-order valence-electron chi connectivity index (χ2n) is 6.89. The van der Waals surface area contributed by atoms with Gasteiger partial charge in [-0.1, -0.05) is 6.92 Å². The number of pyridine rings is 1. The first-order valence-electron chi connectivity index (χ1n) is 9.71. The summed E-state index contributed by atoms with van der Waals surface area (Å²) in [6.45, 7) is 4.99. The first-order valence-corrected chi connectivity index (χ1v) is 9.71. The summed E-state index contributed by atoms with van der Waals surface area (Å²) in [6.07, 6.45) is -6.58. The first-order chi connectivity index (χ1) is 16.1. The lowest BCUT2D eigenvalue weighted by Gasteiger charge is -2.29. The number of carboxylic acids is 2. The summed E-state index contributed by atoms with van der Waals surface area (Å²) in [6, 6.07) is 5.88. The van der Waals surface area contributed by atoms with Crippen LogP contribution in [0.4, 0.5) is 32.2 Å². The van der Waals surface area contributed by atoms with Crippen LogP contribution in [0.3, 0.4) is 0 Å². The highest BCUT2D eigenvalue weighted by Crippen LogP contribution is 2.35. The van der Waals surface area contributed by atoms with Crippen molar-refractivity contribution in [2.75, 3.05) is 18.8 Å². The molecular formula is C20H20F6N4O5. The molecule has 1 aliphatic heterocycles. The fourth-order valence-corrected chi connectivity index (χ4v) is 2.95. The van der Waals surface area contributed by atoms with Crippen molar-refractivity contribution in [3.8, 4) is 17.4 Å². The molecule has 0 atom stereocenters. The second kappa shape index (κ2) is 12.1. The average Bonchev–Trinajstić information content (AvgIpc) is 3.27. The predicted octanol–water partition coefficient (Wildman–Crippen LogP) is 3.83. The van der Waals surface area contributed by atoms with Gasteiger partial charge in [0, 0.05) is 36.3 Å². The zero-order valence-electron chi connectivity index (χ0n) is 18.1. The van der Waals surface area contributed by atoms with Crippen molar-refractivity contribution in [2.24, 2.45) is 0 Å². The topological polar surface area (TPSA) is 154 Å². The average molecular weight is 510 g/mol. The molecule has 0 aliphatic carbocycles. The van der Waals surface area contributed by atoms with Gasteiger partial charge >= 0.3 is 24.3 Å². The van der Waals surface area contributed by atoms with E-state index in [2.05, 4.69) is 22.9 Å². The molecule has 0 amide bonds. The van der Waals surface area contributed by atoms with E-state index in [-0.39, 0.29) is 0 Å². The predicted molar refractivity (Wildman–Crippen MR) is 108 cm³/mol. The van der Waals surface area contributed by atoms with Crippen molar-refractivity contribution >= 4 is 17.8 Å². The van der Waals surface area contributed by atoms with Crippen molar-refractivity contribution in [1.29, 1.82) is 5.26 Å². The Kier molecular flexibility index (Phi) is 10.1. The van der Waals surface area contributed by atoms with Crippen LogP contribution in [0.5, 0.6) is 0 Å². The number of nitrogens with zero attached hydrogens (tertiary/aromatic N) is 3. The van der Waals surface area contributed by atoms with Gasteiger partial charge in [-0.05, 0) is 25.1 Å². The molecule has 2 aromatic rings. The Morgan fingerprint density at radius 3 is 2.14 bits per heavy atom. The number of nitriles is 1. The van der Waals surface area contributed by atoms with Crippen LogP contribution in [-0.4, -0.2) is 57.5 Å². The highest BCUT2D eigenvalue weighted by Gasteiger charge is 2.38. The number of halogens is 6. The summed E-state index contributed by atoms with van der Waals surface area (Å²) in [7, 11) is 0. The third-order valence-corrected chi connectivity index (χ3v) is 4.36. The summed E-state index contributed by atoms with van der Waals surface area (Å²) in [5.74, 6) is -4.53. The largest absolute Gasteiger partial charge is 0.490 e. The molecule has 192 valence electrons. The first kappa shape index (κ1) is 29.2. The summed E-state index contributed by atoms with van der Waals surface area (Å²) in [4.78, 5) is 24.6. The molecule has 0 unspecified atom stereocenters. The number of alkyl halides is 6. The zero-order valence-corrected chi connectivity index (χ0v) is 18.1. The van der Waals surface area contributed by atoms with Crippen molar-refractivity contribution < 1.29 is 50.6 Å². The van der Waals surface area contributed by atoms with Crippen LogP contribution in [0.2, 0.25) is 0 Å². The van der Waals surface area contributed by atoms with Crippen LogP contribution in [0, 0.1) is 11.3 Å². The summed E-state index contributed by atoms with van der Waals surface area (Å²) in [5, 5.41) is 23.7. The number of aromatic nitrogens is 1. The number of aliphatic carboxylic acids is 2. The third-order valence-electron chi connectivity index (χ3n) is 4.36. The van der Waals surface area contributed by atoms with Gasteiger partial charge in [0.15, 0.2) is 0 Å². The molecule has 9 nitrogen and oxygen atoms in total. The van der Waals surface area contributed by atoms with Crippen LogP contribution in [-0.2, 0) is 22.6 Å². The Bertz CT molecular complexity index is 1040. The van der Waals surface area contributed by atoms with Crippen LogP contribution in [0.1, 0.15) is 30.2 Å². The standard InChI is InChI=1S/C16H18N4O.2C2HF3O2/c1-2-6-20-7-5-13-12(10-20)15(14-4-3-8-21-14)11(9-17)16(18)19-13;2*3-2(4,5)1(6)7/h3-4,8H,2,5-7,10H2,1H3,(H2,18,19);2*(H,6,7). The molecule has 1 aliphatic rings. The lowest BCUT2D eigenvalue weighted by atomic mass is 9.94. The molecule has 0 spiro atoms. The van der Waals surface area contributed by atoms with E-state index in [4.69, 9.17) is 30.0 Å². The minimum atomic E-state index is -5.08. The highest BCUT2D eigenvalue weighted by atomic mass is 19.4. The van der Waals surface area contributed by atoms with Gasteiger partial charge < -0.3 is 20.4 Å². The molecule has 2 aromatic heterocycles. The Morgan fingerprint density at radius 2 is 1.74 bits per heavy atom. The number of hydrogen-bond acceptors (Lipinski definition) is 7. The Labute approximate surface area is 194 Å². The molecule has 3 rings (SSSR count). The number of carbonyl (C=O) groups is 2. The molecule has 0 saturated heterocycles. The molecule has 0 bridgehead atoms. The van der Waals surface area contributed by atoms with Crippen LogP contribution < -0.4 is 5.73 Å². The van der Waals surface area contributed by atoms with Crippen LogP contribution in [0.25, 0.3) is 11.3 Å². The Morgan fingerprint density at radius 1 is 1.20 bits per heavy atom. The van der Waals surface area contributed by atoms with E-state index in [9.17, 15) is 31.6 Å². The number of hydrogen-bond donors (Lipinski definition) is 3. The fraction of sp³-hybridized carbons (Fsp3) is 0.400. The summed E-state index contributed by atoms with van der Waals surface area (Å²) < 4.78 is 69.0. The maximum atomic E-state index is 10.6. The van der Waals surface area contributed by atoms with Gasteiger partial charge in [-0.3, -0.25) is 4.90 Å². The summed E-state index contributed by atoms with van der Waals surface area (Å²) in [5.41, 5.74) is 9.27. The molecule has 3 heterocycles. The molecule has 0 fully saturated rings.